The van der Waals surface area contributed by atoms with Crippen LogP contribution in [0.15, 0.2) is 0 Å². The van der Waals surface area contributed by atoms with Crippen LogP contribution < -0.4 is 0 Å². The highest BCUT2D eigenvalue weighted by molar-refractivity contribution is 7.86. The van der Waals surface area contributed by atoms with Crippen LogP contribution in [0.5, 0.6) is 0 Å². The van der Waals surface area contributed by atoms with Gasteiger partial charge in [0.05, 0.1) is 6.26 Å². The Hall–Kier alpha value is -0.250. The first-order chi connectivity index (χ1) is 4.71. The van der Waals surface area contributed by atoms with Gasteiger partial charge in [-0.2, -0.15) is 16.8 Å². The highest BCUT2D eigenvalue weighted by Crippen LogP contribution is 1.95. The average molecular weight is 208 g/mol. The van der Waals surface area contributed by atoms with E-state index in [1.165, 1.54) is 0 Å². The fourth-order valence-electron chi connectivity index (χ4n) is 0.165. The molecule has 0 atom stereocenters. The van der Waals surface area contributed by atoms with Crippen LogP contribution in [0, 0.1) is 0 Å². The highest BCUT2D eigenvalue weighted by atomic mass is 32.3. The number of rotatable bonds is 4. The summed E-state index contributed by atoms with van der Waals surface area (Å²) in [5.74, 6) is 0. The number of halogens is 1. The van der Waals surface area contributed by atoms with Crippen molar-refractivity contribution in [2.75, 3.05) is 13.0 Å². The van der Waals surface area contributed by atoms with Gasteiger partial charge < -0.3 is 0 Å². The summed E-state index contributed by atoms with van der Waals surface area (Å²) in [6, 6.07) is 0. The molecule has 0 aliphatic carbocycles. The van der Waals surface area contributed by atoms with Crippen LogP contribution >= 0.6 is 0 Å². The topological polar surface area (TPSA) is 86.7 Å². The monoisotopic (exact) mass is 208 g/mol. The summed E-state index contributed by atoms with van der Waals surface area (Å²) in [5, 5.41) is 0. The fraction of sp³-hybridized carbons (Fsp3) is 1.00. The number of hydrogen-bond donors (Lipinski definition) is 0. The molecule has 0 fully saturated rings. The zero-order chi connectivity index (χ0) is 9.12. The Morgan fingerprint density at radius 3 is 1.91 bits per heavy atom. The minimum absolute atomic E-state index is 0.668. The van der Waals surface area contributed by atoms with Crippen molar-refractivity contribution in [3.8, 4) is 0 Å². The Morgan fingerprint density at radius 1 is 1.18 bits per heavy atom. The summed E-state index contributed by atoms with van der Waals surface area (Å²) >= 11 is 0. The van der Waals surface area contributed by atoms with Crippen molar-refractivity contribution in [2.45, 2.75) is 0 Å². The first kappa shape index (κ1) is 10.8. The number of hydrogen-bond acceptors (Lipinski definition) is 6. The maximum absolute atomic E-state index is 11.4. The standard InChI is InChI=1S/C2H5FO6S2/c1-10(4,5)8-2-9-11(3,6)7/h2H2,1H3. The Bertz CT molecular complexity index is 267. The van der Waals surface area contributed by atoms with E-state index in [0.29, 0.717) is 6.26 Å². The smallest absolute Gasteiger partial charge is 0.240 e. The molecule has 0 unspecified atom stereocenters. The Morgan fingerprint density at radius 2 is 1.64 bits per heavy atom. The van der Waals surface area contributed by atoms with Crippen LogP contribution in [0.1, 0.15) is 0 Å². The van der Waals surface area contributed by atoms with Crippen LogP contribution in [0.2, 0.25) is 0 Å². The first-order valence-corrected chi connectivity index (χ1v) is 5.27. The van der Waals surface area contributed by atoms with E-state index in [4.69, 9.17) is 0 Å². The average Bonchev–Trinajstić information content (AvgIpc) is 1.55. The molecule has 0 heterocycles. The molecule has 0 N–H and O–H groups in total. The normalized spacial score (nSPS) is 13.3. The van der Waals surface area contributed by atoms with Gasteiger partial charge >= 0.3 is 10.5 Å². The lowest BCUT2D eigenvalue weighted by Crippen LogP contribution is -2.09. The van der Waals surface area contributed by atoms with Crippen LogP contribution in [0.4, 0.5) is 3.89 Å². The van der Waals surface area contributed by atoms with Crippen LogP contribution in [0.25, 0.3) is 0 Å². The molecular formula is C2H5FO6S2. The van der Waals surface area contributed by atoms with Gasteiger partial charge in [0.2, 0.25) is 0 Å². The van der Waals surface area contributed by atoms with Gasteiger partial charge in [-0.15, -0.1) is 0 Å². The van der Waals surface area contributed by atoms with E-state index in [1.54, 1.807) is 0 Å². The van der Waals surface area contributed by atoms with E-state index in [-0.39, 0.29) is 0 Å². The molecule has 0 aromatic rings. The summed E-state index contributed by atoms with van der Waals surface area (Å²) in [5.41, 5.74) is 0. The van der Waals surface area contributed by atoms with Gasteiger partial charge in [-0.25, -0.2) is 8.37 Å². The van der Waals surface area contributed by atoms with Crippen LogP contribution in [-0.2, 0) is 29.0 Å². The van der Waals surface area contributed by atoms with Crippen LogP contribution in [0.3, 0.4) is 0 Å². The quantitative estimate of drug-likeness (QED) is 0.340. The van der Waals surface area contributed by atoms with E-state index in [1.807, 2.05) is 0 Å². The third-order valence-electron chi connectivity index (χ3n) is 0.451. The van der Waals surface area contributed by atoms with Crippen molar-refractivity contribution in [3.05, 3.63) is 0 Å². The van der Waals surface area contributed by atoms with Gasteiger partial charge in [-0.3, -0.25) is 0 Å². The molecule has 0 amide bonds. The molecule has 0 rings (SSSR count). The molecule has 0 aromatic heterocycles. The summed E-state index contributed by atoms with van der Waals surface area (Å²) in [7, 11) is -8.94. The first-order valence-electron chi connectivity index (χ1n) is 2.14. The lowest BCUT2D eigenvalue weighted by Gasteiger charge is -1.96. The van der Waals surface area contributed by atoms with Crippen molar-refractivity contribution >= 4 is 20.6 Å². The van der Waals surface area contributed by atoms with Crippen molar-refractivity contribution in [1.82, 2.24) is 0 Å². The molecule has 0 aromatic carbocycles. The van der Waals surface area contributed by atoms with E-state index < -0.39 is 27.4 Å². The van der Waals surface area contributed by atoms with Crippen molar-refractivity contribution < 1.29 is 29.1 Å². The summed E-state index contributed by atoms with van der Waals surface area (Å²) in [6.45, 7) is -1.18. The summed E-state index contributed by atoms with van der Waals surface area (Å²) in [6.07, 6.45) is 0.668. The van der Waals surface area contributed by atoms with E-state index in [2.05, 4.69) is 8.37 Å². The minimum Gasteiger partial charge on any atom is -0.240 e. The largest absolute Gasteiger partial charge is 0.439 e. The molecule has 0 radical (unpaired) electrons. The summed E-state index contributed by atoms with van der Waals surface area (Å²) in [4.78, 5) is 0. The Kier molecular flexibility index (Phi) is 3.35. The second-order valence-electron chi connectivity index (χ2n) is 1.45. The molecule has 0 aliphatic heterocycles. The van der Waals surface area contributed by atoms with Gasteiger partial charge in [0.1, 0.15) is 0 Å². The maximum Gasteiger partial charge on any atom is 0.439 e. The second-order valence-corrected chi connectivity index (χ2v) is 4.12. The van der Waals surface area contributed by atoms with Gasteiger partial charge in [0.15, 0.2) is 6.79 Å². The molecule has 68 valence electrons. The SMILES string of the molecule is CS(=O)(=O)OCOS(=O)(=O)F. The Balaban J connectivity index is 3.79. The molecule has 0 aliphatic rings. The molecular weight excluding hydrogens is 203 g/mol. The third-order valence-corrected chi connectivity index (χ3v) is 1.35. The van der Waals surface area contributed by atoms with Gasteiger partial charge in [-0.1, -0.05) is 3.89 Å². The molecule has 0 spiro atoms. The zero-order valence-electron chi connectivity index (χ0n) is 5.35. The predicted octanol–water partition coefficient (Wildman–Crippen LogP) is -0.849. The predicted molar refractivity (Wildman–Crippen MR) is 31.9 cm³/mol. The third kappa shape index (κ3) is 9.75. The minimum atomic E-state index is -5.14. The summed E-state index contributed by atoms with van der Waals surface area (Å²) < 4.78 is 57.8. The van der Waals surface area contributed by atoms with Crippen molar-refractivity contribution in [3.63, 3.8) is 0 Å². The molecule has 11 heavy (non-hydrogen) atoms. The lowest BCUT2D eigenvalue weighted by atomic mass is 11.6. The van der Waals surface area contributed by atoms with Crippen molar-refractivity contribution in [2.24, 2.45) is 0 Å². The van der Waals surface area contributed by atoms with E-state index in [0.717, 1.165) is 0 Å². The fourth-order valence-corrected chi connectivity index (χ4v) is 0.611. The molecule has 9 heteroatoms. The molecule has 6 nitrogen and oxygen atoms in total. The molecule has 0 saturated heterocycles. The molecule has 0 bridgehead atoms. The van der Waals surface area contributed by atoms with Crippen molar-refractivity contribution in [1.29, 1.82) is 0 Å². The maximum atomic E-state index is 11.4. The van der Waals surface area contributed by atoms with E-state index in [9.17, 15) is 20.7 Å². The lowest BCUT2D eigenvalue weighted by molar-refractivity contribution is 0.126. The second kappa shape index (κ2) is 3.43. The van der Waals surface area contributed by atoms with Gasteiger partial charge in [0.25, 0.3) is 10.1 Å². The van der Waals surface area contributed by atoms with Gasteiger partial charge in [0, 0.05) is 0 Å². The van der Waals surface area contributed by atoms with Gasteiger partial charge in [-0.05, 0) is 0 Å². The highest BCUT2D eigenvalue weighted by Gasteiger charge is 2.09. The zero-order valence-corrected chi connectivity index (χ0v) is 6.98. The van der Waals surface area contributed by atoms with Crippen LogP contribution in [-0.4, -0.2) is 29.9 Å². The molecule has 0 saturated carbocycles. The van der Waals surface area contributed by atoms with E-state index >= 15 is 0 Å². The Labute approximate surface area is 63.5 Å².